The van der Waals surface area contributed by atoms with Crippen molar-refractivity contribution in [2.24, 2.45) is 0 Å². The van der Waals surface area contributed by atoms with Crippen LogP contribution in [0.3, 0.4) is 0 Å². The Labute approximate surface area is 160 Å². The van der Waals surface area contributed by atoms with Crippen LogP contribution in [0.1, 0.15) is 11.1 Å². The third kappa shape index (κ3) is 6.19. The number of rotatable bonds is 8. The average molecular weight is 360 g/mol. The predicted molar refractivity (Wildman–Crippen MR) is 110 cm³/mol. The largest absolute Gasteiger partial charge is 0.493 e. The number of hydrogen-bond donors (Lipinski definition) is 2. The van der Waals surface area contributed by atoms with Crippen LogP contribution >= 0.6 is 0 Å². The first-order valence-electron chi connectivity index (χ1n) is 9.06. The molecule has 0 aromatic heterocycles. The highest BCUT2D eigenvalue weighted by molar-refractivity contribution is 5.93. The molecule has 0 aliphatic heterocycles. The van der Waals surface area contributed by atoms with E-state index in [4.69, 9.17) is 4.74 Å². The van der Waals surface area contributed by atoms with E-state index in [-0.39, 0.29) is 12.5 Å². The van der Waals surface area contributed by atoms with Crippen LogP contribution in [0.5, 0.6) is 5.75 Å². The highest BCUT2D eigenvalue weighted by Gasteiger charge is 2.03. The first kappa shape index (κ1) is 18.5. The normalized spacial score (nSPS) is 10.3. The van der Waals surface area contributed by atoms with Crippen molar-refractivity contribution in [2.45, 2.75) is 13.3 Å². The van der Waals surface area contributed by atoms with E-state index in [1.54, 1.807) is 0 Å². The smallest absolute Gasteiger partial charge is 0.243 e. The standard InChI is InChI=1S/C23H24N2O2/c1-18-10-12-20(13-11-18)25-23(26)17-24-21-8-5-9-22(16-21)27-15-14-19-6-3-2-4-7-19/h2-13,16,24H,14-15,17H2,1H3,(H,25,26). The molecule has 0 saturated heterocycles. The van der Waals surface area contributed by atoms with Crippen LogP contribution in [0.4, 0.5) is 11.4 Å². The van der Waals surface area contributed by atoms with Crippen molar-refractivity contribution in [1.82, 2.24) is 0 Å². The molecule has 2 N–H and O–H groups in total. The van der Waals surface area contributed by atoms with E-state index >= 15 is 0 Å². The minimum atomic E-state index is -0.0887. The Morgan fingerprint density at radius 3 is 2.44 bits per heavy atom. The summed E-state index contributed by atoms with van der Waals surface area (Å²) in [4.78, 5) is 12.1. The van der Waals surface area contributed by atoms with Gasteiger partial charge in [-0.15, -0.1) is 0 Å². The van der Waals surface area contributed by atoms with E-state index in [2.05, 4.69) is 22.8 Å². The molecule has 4 heteroatoms. The van der Waals surface area contributed by atoms with Crippen LogP contribution in [0.15, 0.2) is 78.9 Å². The second kappa shape index (κ2) is 9.43. The van der Waals surface area contributed by atoms with Gasteiger partial charge in [-0.2, -0.15) is 0 Å². The summed E-state index contributed by atoms with van der Waals surface area (Å²) in [5.74, 6) is 0.698. The molecule has 0 bridgehead atoms. The molecule has 0 atom stereocenters. The molecule has 0 unspecified atom stereocenters. The van der Waals surface area contributed by atoms with Gasteiger partial charge in [-0.3, -0.25) is 4.79 Å². The molecular formula is C23H24N2O2. The van der Waals surface area contributed by atoms with Gasteiger partial charge in [0.2, 0.25) is 5.91 Å². The molecular weight excluding hydrogens is 336 g/mol. The zero-order valence-corrected chi connectivity index (χ0v) is 15.4. The van der Waals surface area contributed by atoms with Gasteiger partial charge in [-0.25, -0.2) is 0 Å². The maximum atomic E-state index is 12.1. The van der Waals surface area contributed by atoms with Gasteiger partial charge < -0.3 is 15.4 Å². The second-order valence-electron chi connectivity index (χ2n) is 6.38. The van der Waals surface area contributed by atoms with E-state index in [1.807, 2.05) is 73.7 Å². The summed E-state index contributed by atoms with van der Waals surface area (Å²) >= 11 is 0. The van der Waals surface area contributed by atoms with E-state index in [1.165, 1.54) is 5.56 Å². The van der Waals surface area contributed by atoms with Crippen molar-refractivity contribution in [3.63, 3.8) is 0 Å². The van der Waals surface area contributed by atoms with Crippen molar-refractivity contribution in [2.75, 3.05) is 23.8 Å². The van der Waals surface area contributed by atoms with Crippen LogP contribution in [0.2, 0.25) is 0 Å². The van der Waals surface area contributed by atoms with Gasteiger partial charge in [0, 0.05) is 23.9 Å². The summed E-state index contributed by atoms with van der Waals surface area (Å²) in [5.41, 5.74) is 4.06. The van der Waals surface area contributed by atoms with Crippen molar-refractivity contribution in [3.8, 4) is 5.75 Å². The zero-order valence-electron chi connectivity index (χ0n) is 15.4. The van der Waals surface area contributed by atoms with Crippen molar-refractivity contribution in [3.05, 3.63) is 90.0 Å². The first-order valence-corrected chi connectivity index (χ1v) is 9.06. The maximum absolute atomic E-state index is 12.1. The van der Waals surface area contributed by atoms with Gasteiger partial charge in [-0.1, -0.05) is 54.1 Å². The number of hydrogen-bond acceptors (Lipinski definition) is 3. The number of carbonyl (C=O) groups excluding carboxylic acids is 1. The SMILES string of the molecule is Cc1ccc(NC(=O)CNc2cccc(OCCc3ccccc3)c2)cc1. The van der Waals surface area contributed by atoms with E-state index in [0.717, 1.165) is 29.1 Å². The lowest BCUT2D eigenvalue weighted by Gasteiger charge is -2.10. The second-order valence-corrected chi connectivity index (χ2v) is 6.38. The fourth-order valence-corrected chi connectivity index (χ4v) is 2.65. The molecule has 3 rings (SSSR count). The Kier molecular flexibility index (Phi) is 6.47. The van der Waals surface area contributed by atoms with Crippen molar-refractivity contribution < 1.29 is 9.53 Å². The zero-order chi connectivity index (χ0) is 18.9. The van der Waals surface area contributed by atoms with Gasteiger partial charge in [0.05, 0.1) is 13.2 Å². The molecule has 0 fully saturated rings. The third-order valence-corrected chi connectivity index (χ3v) is 4.12. The lowest BCUT2D eigenvalue weighted by Crippen LogP contribution is -2.21. The highest BCUT2D eigenvalue weighted by atomic mass is 16.5. The fraction of sp³-hybridized carbons (Fsp3) is 0.174. The van der Waals surface area contributed by atoms with Gasteiger partial charge in [0.1, 0.15) is 5.75 Å². The van der Waals surface area contributed by atoms with Crippen LogP contribution in [-0.2, 0) is 11.2 Å². The molecule has 0 spiro atoms. The molecule has 0 saturated carbocycles. The Hall–Kier alpha value is -3.27. The lowest BCUT2D eigenvalue weighted by molar-refractivity contribution is -0.114. The summed E-state index contributed by atoms with van der Waals surface area (Å²) in [6, 6.07) is 25.6. The van der Waals surface area contributed by atoms with Crippen LogP contribution in [0.25, 0.3) is 0 Å². The number of ether oxygens (including phenoxy) is 1. The number of nitrogens with one attached hydrogen (secondary N) is 2. The van der Waals surface area contributed by atoms with Crippen molar-refractivity contribution >= 4 is 17.3 Å². The average Bonchev–Trinajstić information content (AvgIpc) is 2.69. The highest BCUT2D eigenvalue weighted by Crippen LogP contribution is 2.17. The van der Waals surface area contributed by atoms with Crippen LogP contribution in [0, 0.1) is 6.92 Å². The maximum Gasteiger partial charge on any atom is 0.243 e. The minimum Gasteiger partial charge on any atom is -0.493 e. The third-order valence-electron chi connectivity index (χ3n) is 4.12. The number of aryl methyl sites for hydroxylation is 1. The van der Waals surface area contributed by atoms with Crippen LogP contribution in [-0.4, -0.2) is 19.1 Å². The van der Waals surface area contributed by atoms with Gasteiger partial charge >= 0.3 is 0 Å². The van der Waals surface area contributed by atoms with E-state index in [9.17, 15) is 4.79 Å². The summed E-state index contributed by atoms with van der Waals surface area (Å²) in [5, 5.41) is 6.01. The van der Waals surface area contributed by atoms with Gasteiger partial charge in [0.15, 0.2) is 0 Å². The molecule has 0 radical (unpaired) electrons. The quantitative estimate of drug-likeness (QED) is 0.614. The number of amides is 1. The topological polar surface area (TPSA) is 50.4 Å². The molecule has 27 heavy (non-hydrogen) atoms. The first-order chi connectivity index (χ1) is 13.2. The molecule has 0 heterocycles. The van der Waals surface area contributed by atoms with Crippen molar-refractivity contribution in [1.29, 1.82) is 0 Å². The predicted octanol–water partition coefficient (Wildman–Crippen LogP) is 4.67. The Balaban J connectivity index is 1.45. The lowest BCUT2D eigenvalue weighted by atomic mass is 10.2. The molecule has 3 aromatic carbocycles. The Morgan fingerprint density at radius 2 is 1.67 bits per heavy atom. The number of benzene rings is 3. The Bertz CT molecular complexity index is 861. The fourth-order valence-electron chi connectivity index (χ4n) is 2.65. The molecule has 3 aromatic rings. The van der Waals surface area contributed by atoms with Gasteiger partial charge in [0.25, 0.3) is 0 Å². The van der Waals surface area contributed by atoms with E-state index in [0.29, 0.717) is 6.61 Å². The minimum absolute atomic E-state index is 0.0887. The molecule has 138 valence electrons. The molecule has 0 aliphatic carbocycles. The van der Waals surface area contributed by atoms with Gasteiger partial charge in [-0.05, 0) is 36.8 Å². The number of anilines is 2. The number of carbonyl (C=O) groups is 1. The summed E-state index contributed by atoms with van der Waals surface area (Å²) in [6.07, 6.45) is 0.859. The van der Waals surface area contributed by atoms with Crippen LogP contribution < -0.4 is 15.4 Å². The van der Waals surface area contributed by atoms with E-state index < -0.39 is 0 Å². The molecule has 4 nitrogen and oxygen atoms in total. The summed E-state index contributed by atoms with van der Waals surface area (Å²) in [6.45, 7) is 2.82. The molecule has 0 aliphatic rings. The monoisotopic (exact) mass is 360 g/mol. The summed E-state index contributed by atoms with van der Waals surface area (Å²) in [7, 11) is 0. The summed E-state index contributed by atoms with van der Waals surface area (Å²) < 4.78 is 5.82. The Morgan fingerprint density at radius 1 is 0.889 bits per heavy atom. The molecule has 1 amide bonds.